The Labute approximate surface area is 144 Å². The molecule has 9 heteroatoms. The molecule has 1 aliphatic carbocycles. The largest absolute Gasteiger partial charge is 0.387 e. The zero-order valence-electron chi connectivity index (χ0n) is 13.2. The highest BCUT2D eigenvalue weighted by Gasteiger charge is 2.38. The van der Waals surface area contributed by atoms with Gasteiger partial charge in [-0.15, -0.1) is 0 Å². The molecule has 2 aromatic heterocycles. The smallest absolute Gasteiger partial charge is 0.226 e. The van der Waals surface area contributed by atoms with E-state index in [1.54, 1.807) is 4.57 Å². The summed E-state index contributed by atoms with van der Waals surface area (Å²) in [5, 5.41) is 19.8. The Hall–Kier alpha value is -1.48. The van der Waals surface area contributed by atoms with Crippen LogP contribution in [0.25, 0.3) is 11.2 Å². The number of fused-ring (bicyclic) bond motifs is 1. The number of anilines is 1. The molecule has 1 saturated heterocycles. The number of ether oxygens (including phenoxy) is 1. The Morgan fingerprint density at radius 2 is 2.04 bits per heavy atom. The third-order valence-corrected chi connectivity index (χ3v) is 5.02. The molecule has 1 saturated carbocycles. The lowest BCUT2D eigenvalue weighted by molar-refractivity contribution is -0.0123. The van der Waals surface area contributed by atoms with Gasteiger partial charge in [0.05, 0.1) is 6.33 Å². The number of rotatable bonds is 3. The highest BCUT2D eigenvalue weighted by molar-refractivity contribution is 6.28. The number of hydrogen-bond donors (Lipinski definition) is 2. The summed E-state index contributed by atoms with van der Waals surface area (Å²) in [5.41, 5.74) is 1.08. The molecule has 2 aromatic rings. The molecule has 0 aromatic carbocycles. The van der Waals surface area contributed by atoms with Crippen LogP contribution in [0.3, 0.4) is 0 Å². The summed E-state index contributed by atoms with van der Waals surface area (Å²) in [6.07, 6.45) is 3.25. The lowest BCUT2D eigenvalue weighted by Crippen LogP contribution is -2.30. The van der Waals surface area contributed by atoms with Crippen molar-refractivity contribution >= 4 is 28.6 Å². The molecule has 2 fully saturated rings. The van der Waals surface area contributed by atoms with Crippen molar-refractivity contribution in [2.75, 3.05) is 11.9 Å². The minimum absolute atomic E-state index is 0.112. The molecule has 3 atom stereocenters. The molecule has 0 bridgehead atoms. The third-order valence-electron chi connectivity index (χ3n) is 4.86. The molecule has 1 aliphatic heterocycles. The van der Waals surface area contributed by atoms with Gasteiger partial charge in [-0.2, -0.15) is 9.97 Å². The number of hydrogen-bond acceptors (Lipinski definition) is 7. The van der Waals surface area contributed by atoms with Gasteiger partial charge in [0.25, 0.3) is 0 Å². The molecule has 0 spiro atoms. The van der Waals surface area contributed by atoms with Gasteiger partial charge in [0.15, 0.2) is 23.2 Å². The van der Waals surface area contributed by atoms with E-state index in [1.807, 2.05) is 7.05 Å². The summed E-state index contributed by atoms with van der Waals surface area (Å²) < 4.78 is 6.93. The molecule has 2 N–H and O–H groups in total. The Morgan fingerprint density at radius 3 is 2.71 bits per heavy atom. The van der Waals surface area contributed by atoms with Gasteiger partial charge in [0, 0.05) is 13.1 Å². The Bertz CT molecular complexity index is 748. The monoisotopic (exact) mass is 352 g/mol. The molecule has 3 heterocycles. The second kappa shape index (κ2) is 6.11. The van der Waals surface area contributed by atoms with Crippen LogP contribution in [0.15, 0.2) is 6.33 Å². The van der Waals surface area contributed by atoms with Gasteiger partial charge in [0.2, 0.25) is 5.28 Å². The van der Waals surface area contributed by atoms with E-state index < -0.39 is 18.4 Å². The summed E-state index contributed by atoms with van der Waals surface area (Å²) in [6.45, 7) is 1.20. The van der Waals surface area contributed by atoms with E-state index >= 15 is 0 Å². The maximum absolute atomic E-state index is 10.1. The van der Waals surface area contributed by atoms with E-state index in [2.05, 4.69) is 19.9 Å². The average Bonchev–Trinajstić information content (AvgIpc) is 3.28. The third kappa shape index (κ3) is 2.54. The van der Waals surface area contributed by atoms with E-state index in [0.29, 0.717) is 23.0 Å². The summed E-state index contributed by atoms with van der Waals surface area (Å²) in [4.78, 5) is 15.1. The minimum Gasteiger partial charge on any atom is -0.387 e. The van der Waals surface area contributed by atoms with Gasteiger partial charge in [-0.05, 0) is 24.4 Å². The van der Waals surface area contributed by atoms with Crippen LogP contribution in [0.1, 0.15) is 31.9 Å². The van der Waals surface area contributed by atoms with Crippen LogP contribution in [0.2, 0.25) is 5.28 Å². The van der Waals surface area contributed by atoms with Gasteiger partial charge >= 0.3 is 0 Å². The second-order valence-corrected chi connectivity index (χ2v) is 6.67. The summed E-state index contributed by atoms with van der Waals surface area (Å²) in [7, 11) is 1.99. The quantitative estimate of drug-likeness (QED) is 0.803. The lowest BCUT2D eigenvalue weighted by Gasteiger charge is -2.25. The van der Waals surface area contributed by atoms with Crippen LogP contribution in [-0.2, 0) is 4.74 Å². The Balaban J connectivity index is 1.77. The van der Waals surface area contributed by atoms with Crippen LogP contribution in [-0.4, -0.2) is 55.0 Å². The maximum atomic E-state index is 10.1. The standard InChI is InChI=1S/C15H19ClN5O3/c1-20(8-4-2-3-5-8)12-10-13(19-15(16)18-12)21(7-17-10)14-11(23)9(22)6-24-14/h6-9,11,14,22-23H,2-5H2,1H3/t9-,11+,14+/m0/s1. The molecular weight excluding hydrogens is 334 g/mol. The van der Waals surface area contributed by atoms with Gasteiger partial charge in [-0.1, -0.05) is 12.8 Å². The summed E-state index contributed by atoms with van der Waals surface area (Å²) in [5.74, 6) is 0.674. The zero-order valence-corrected chi connectivity index (χ0v) is 14.0. The number of halogens is 1. The van der Waals surface area contributed by atoms with Gasteiger partial charge in [-0.25, -0.2) is 4.98 Å². The van der Waals surface area contributed by atoms with Crippen molar-refractivity contribution in [3.8, 4) is 0 Å². The summed E-state index contributed by atoms with van der Waals surface area (Å²) >= 11 is 6.12. The fourth-order valence-corrected chi connectivity index (χ4v) is 3.65. The topological polar surface area (TPSA) is 96.5 Å². The van der Waals surface area contributed by atoms with Crippen LogP contribution < -0.4 is 4.90 Å². The number of aliphatic hydroxyl groups excluding tert-OH is 2. The van der Waals surface area contributed by atoms with Gasteiger partial charge in [0.1, 0.15) is 18.8 Å². The first-order valence-corrected chi connectivity index (χ1v) is 8.42. The van der Waals surface area contributed by atoms with Crippen LogP contribution >= 0.6 is 11.6 Å². The average molecular weight is 353 g/mol. The molecule has 2 aliphatic rings. The first-order chi connectivity index (χ1) is 11.6. The van der Waals surface area contributed by atoms with Crippen molar-refractivity contribution in [1.29, 1.82) is 0 Å². The predicted molar refractivity (Wildman–Crippen MR) is 87.4 cm³/mol. The number of aliphatic hydroxyl groups is 2. The zero-order chi connectivity index (χ0) is 16.8. The van der Waals surface area contributed by atoms with Crippen molar-refractivity contribution in [3.05, 3.63) is 18.2 Å². The Morgan fingerprint density at radius 1 is 1.29 bits per heavy atom. The van der Waals surface area contributed by atoms with Crippen molar-refractivity contribution in [3.63, 3.8) is 0 Å². The maximum Gasteiger partial charge on any atom is 0.226 e. The van der Waals surface area contributed by atoms with E-state index in [1.165, 1.54) is 25.8 Å². The number of nitrogens with zero attached hydrogens (tertiary/aromatic N) is 5. The molecule has 0 unspecified atom stereocenters. The highest BCUT2D eigenvalue weighted by Crippen LogP contribution is 2.34. The molecular formula is C15H19ClN5O3. The molecule has 129 valence electrons. The van der Waals surface area contributed by atoms with E-state index in [9.17, 15) is 10.2 Å². The lowest BCUT2D eigenvalue weighted by atomic mass is 10.2. The fraction of sp³-hybridized carbons (Fsp3) is 0.600. The fourth-order valence-electron chi connectivity index (χ4n) is 3.49. The second-order valence-electron chi connectivity index (χ2n) is 6.33. The first-order valence-electron chi connectivity index (χ1n) is 8.04. The van der Waals surface area contributed by atoms with Gasteiger partial charge in [-0.3, -0.25) is 4.57 Å². The van der Waals surface area contributed by atoms with Crippen molar-refractivity contribution in [2.45, 2.75) is 50.2 Å². The summed E-state index contributed by atoms with van der Waals surface area (Å²) in [6, 6.07) is 0.410. The van der Waals surface area contributed by atoms with Crippen molar-refractivity contribution < 1.29 is 14.9 Å². The molecule has 4 rings (SSSR count). The minimum atomic E-state index is -1.09. The number of aromatic nitrogens is 4. The molecule has 8 nitrogen and oxygen atoms in total. The van der Waals surface area contributed by atoms with Crippen molar-refractivity contribution in [2.24, 2.45) is 0 Å². The highest BCUT2D eigenvalue weighted by atomic mass is 35.5. The van der Waals surface area contributed by atoms with E-state index in [0.717, 1.165) is 12.8 Å². The van der Waals surface area contributed by atoms with Crippen LogP contribution in [0.4, 0.5) is 5.82 Å². The Kier molecular flexibility index (Phi) is 4.07. The normalized spacial score (nSPS) is 28.1. The molecule has 24 heavy (non-hydrogen) atoms. The number of imidazole rings is 1. The first kappa shape index (κ1) is 16.0. The molecule has 0 amide bonds. The van der Waals surface area contributed by atoms with Crippen LogP contribution in [0.5, 0.6) is 0 Å². The molecule has 1 radical (unpaired) electrons. The van der Waals surface area contributed by atoms with Crippen molar-refractivity contribution in [1.82, 2.24) is 19.5 Å². The van der Waals surface area contributed by atoms with Crippen LogP contribution in [0, 0.1) is 6.61 Å². The van der Waals surface area contributed by atoms with E-state index in [-0.39, 0.29) is 5.28 Å². The van der Waals surface area contributed by atoms with Gasteiger partial charge < -0.3 is 19.8 Å². The predicted octanol–water partition coefficient (Wildman–Crippen LogP) is 1.27. The SMILES string of the molecule is CN(c1nc(Cl)nc2c1ncn2[C@@H]1O[CH][C@H](O)[C@H]1O)C1CCCC1. The van der Waals surface area contributed by atoms with E-state index in [4.69, 9.17) is 16.3 Å².